The number of aromatic carboxylic acids is 1. The number of carbonyl (C=O) groups excluding carboxylic acids is 4. The molecule has 28 heavy (non-hydrogen) atoms. The Hall–Kier alpha value is -3.87. The second-order valence-electron chi connectivity index (χ2n) is 5.34. The highest BCUT2D eigenvalue weighted by atomic mass is 32.1. The predicted octanol–water partition coefficient (Wildman–Crippen LogP) is 0.0826. The third kappa shape index (κ3) is 3.37. The molecule has 3 rings (SSSR count). The first kappa shape index (κ1) is 18.9. The molecule has 0 spiro atoms. The Kier molecular flexibility index (Phi) is 5.00. The molecule has 5 amide bonds. The van der Waals surface area contributed by atoms with Crippen molar-refractivity contribution in [2.75, 3.05) is 17.3 Å². The third-order valence-corrected chi connectivity index (χ3v) is 4.32. The largest absolute Gasteiger partial charge is 0.497 e. The number of aromatic nitrogens is 2. The molecule has 0 aliphatic carbocycles. The molecule has 0 saturated carbocycles. The number of nitrogens with zero attached hydrogens (tertiary/aromatic N) is 3. The number of imide groups is 2. The Balaban J connectivity index is 1.87. The Morgan fingerprint density at radius 3 is 2.54 bits per heavy atom. The number of methoxy groups -OCH3 is 1. The average molecular weight is 405 g/mol. The summed E-state index contributed by atoms with van der Waals surface area (Å²) in [4.78, 5) is 61.0. The lowest BCUT2D eigenvalue weighted by Crippen LogP contribution is -2.61. The molecule has 2 heterocycles. The summed E-state index contributed by atoms with van der Waals surface area (Å²) in [6.45, 7) is 0. The van der Waals surface area contributed by atoms with E-state index in [1.807, 2.05) is 5.32 Å². The van der Waals surface area contributed by atoms with Crippen LogP contribution in [0.3, 0.4) is 0 Å². The summed E-state index contributed by atoms with van der Waals surface area (Å²) < 4.78 is 8.40. The summed E-state index contributed by atoms with van der Waals surface area (Å²) in [6.07, 6.45) is 0. The molecule has 1 atom stereocenters. The van der Waals surface area contributed by atoms with Gasteiger partial charge >= 0.3 is 12.0 Å². The van der Waals surface area contributed by atoms with Gasteiger partial charge in [-0.1, -0.05) is 4.49 Å². The van der Waals surface area contributed by atoms with E-state index in [2.05, 4.69) is 14.9 Å². The first-order chi connectivity index (χ1) is 13.3. The Morgan fingerprint density at radius 2 is 1.93 bits per heavy atom. The van der Waals surface area contributed by atoms with Crippen LogP contribution in [-0.4, -0.2) is 51.5 Å². The zero-order valence-electron chi connectivity index (χ0n) is 14.0. The number of urea groups is 1. The summed E-state index contributed by atoms with van der Waals surface area (Å²) in [7, 11) is 1.44. The van der Waals surface area contributed by atoms with Crippen molar-refractivity contribution in [2.45, 2.75) is 0 Å². The third-order valence-electron chi connectivity index (χ3n) is 3.68. The molecular formula is C15H11N5O7S. The smallest absolute Gasteiger partial charge is 0.359 e. The molecule has 0 bridgehead atoms. The molecule has 3 N–H and O–H groups in total. The molecule has 1 aliphatic rings. The van der Waals surface area contributed by atoms with Crippen LogP contribution < -0.4 is 20.3 Å². The Bertz CT molecular complexity index is 987. The molecule has 2 aromatic rings. The van der Waals surface area contributed by atoms with E-state index in [0.29, 0.717) is 22.2 Å². The van der Waals surface area contributed by atoms with Crippen molar-refractivity contribution < 1.29 is 33.8 Å². The lowest BCUT2D eigenvalue weighted by molar-refractivity contribution is -0.139. The summed E-state index contributed by atoms with van der Waals surface area (Å²) in [5, 5.41) is 16.2. The number of carbonyl (C=O) groups is 5. The van der Waals surface area contributed by atoms with E-state index in [0.717, 1.165) is 0 Å². The van der Waals surface area contributed by atoms with E-state index in [-0.39, 0.29) is 10.7 Å². The fourth-order valence-corrected chi connectivity index (χ4v) is 2.94. The number of ether oxygens (including phenoxy) is 1. The van der Waals surface area contributed by atoms with E-state index in [1.165, 1.54) is 31.4 Å². The molecule has 1 fully saturated rings. The SMILES string of the molecule is COc1ccc(N2C(=O)NC(=O)[C@H](C(=O)Nc3snnc3C(=O)O)C2=O)cc1. The number of hydrogen-bond donors (Lipinski definition) is 3. The van der Waals surface area contributed by atoms with E-state index < -0.39 is 41.3 Å². The van der Waals surface area contributed by atoms with Crippen molar-refractivity contribution in [3.8, 4) is 5.75 Å². The number of nitrogens with one attached hydrogen (secondary N) is 2. The van der Waals surface area contributed by atoms with E-state index in [9.17, 15) is 24.0 Å². The fourth-order valence-electron chi connectivity index (χ4n) is 2.38. The Labute approximate surface area is 160 Å². The lowest BCUT2D eigenvalue weighted by atomic mass is 10.0. The zero-order chi connectivity index (χ0) is 20.4. The van der Waals surface area contributed by atoms with Crippen LogP contribution in [-0.2, 0) is 14.4 Å². The van der Waals surface area contributed by atoms with Crippen LogP contribution >= 0.6 is 11.5 Å². The van der Waals surface area contributed by atoms with Gasteiger partial charge in [-0.05, 0) is 24.3 Å². The van der Waals surface area contributed by atoms with Crippen LogP contribution in [0.2, 0.25) is 0 Å². The maximum Gasteiger partial charge on any atom is 0.359 e. The molecule has 12 nitrogen and oxygen atoms in total. The Morgan fingerprint density at radius 1 is 1.25 bits per heavy atom. The molecule has 1 aromatic heterocycles. The van der Waals surface area contributed by atoms with Gasteiger partial charge < -0.3 is 15.2 Å². The van der Waals surface area contributed by atoms with E-state index >= 15 is 0 Å². The maximum absolute atomic E-state index is 12.7. The monoisotopic (exact) mass is 405 g/mol. The average Bonchev–Trinajstić information content (AvgIpc) is 3.10. The summed E-state index contributed by atoms with van der Waals surface area (Å²) in [5.41, 5.74) is -0.426. The minimum absolute atomic E-state index is 0.110. The van der Waals surface area contributed by atoms with Crippen molar-refractivity contribution in [3.63, 3.8) is 0 Å². The minimum atomic E-state index is -1.91. The number of carboxylic acid groups (broad SMARTS) is 1. The normalized spacial score (nSPS) is 16.5. The topological polar surface area (TPSA) is 168 Å². The first-order valence-corrected chi connectivity index (χ1v) is 8.30. The van der Waals surface area contributed by atoms with Crippen LogP contribution in [0.15, 0.2) is 24.3 Å². The van der Waals surface area contributed by atoms with Gasteiger partial charge in [-0.3, -0.25) is 19.7 Å². The second-order valence-corrected chi connectivity index (χ2v) is 6.10. The van der Waals surface area contributed by atoms with Crippen molar-refractivity contribution in [2.24, 2.45) is 5.92 Å². The van der Waals surface area contributed by atoms with Gasteiger partial charge in [0, 0.05) is 11.5 Å². The van der Waals surface area contributed by atoms with E-state index in [4.69, 9.17) is 9.84 Å². The number of carboxylic acids is 1. The summed E-state index contributed by atoms with van der Waals surface area (Å²) in [5.74, 6) is -6.24. The van der Waals surface area contributed by atoms with E-state index in [1.54, 1.807) is 0 Å². The van der Waals surface area contributed by atoms with Gasteiger partial charge in [0.15, 0.2) is 10.9 Å². The summed E-state index contributed by atoms with van der Waals surface area (Å²) >= 11 is 0.563. The standard InChI is InChI=1S/C15H11N5O7S/c1-27-7-4-2-6(3-5-7)20-13(23)8(11(22)17-15(20)26)10(21)16-12-9(14(24)25)18-19-28-12/h2-5,8H,1H3,(H,16,21)(H,24,25)(H,17,22,26)/t8-/m0/s1. The molecule has 1 saturated heterocycles. The fraction of sp³-hybridized carbons (Fsp3) is 0.133. The predicted molar refractivity (Wildman–Crippen MR) is 93.0 cm³/mol. The molecule has 0 radical (unpaired) electrons. The highest BCUT2D eigenvalue weighted by Crippen LogP contribution is 2.25. The molecule has 1 aromatic carbocycles. The van der Waals surface area contributed by atoms with Crippen LogP contribution in [0, 0.1) is 5.92 Å². The van der Waals surface area contributed by atoms with Crippen molar-refractivity contribution in [3.05, 3.63) is 30.0 Å². The number of amides is 5. The van der Waals surface area contributed by atoms with Crippen LogP contribution in [0.4, 0.5) is 15.5 Å². The van der Waals surface area contributed by atoms with Crippen molar-refractivity contribution in [1.29, 1.82) is 0 Å². The first-order valence-electron chi connectivity index (χ1n) is 7.53. The van der Waals surface area contributed by atoms with Gasteiger partial charge in [-0.15, -0.1) is 5.10 Å². The minimum Gasteiger partial charge on any atom is -0.497 e. The number of benzene rings is 1. The quantitative estimate of drug-likeness (QED) is 0.583. The number of anilines is 2. The zero-order valence-corrected chi connectivity index (χ0v) is 14.8. The molecule has 13 heteroatoms. The van der Waals surface area contributed by atoms with Gasteiger partial charge in [-0.25, -0.2) is 14.5 Å². The van der Waals surface area contributed by atoms with Gasteiger partial charge in [0.1, 0.15) is 5.75 Å². The number of hydrogen-bond acceptors (Lipinski definition) is 9. The van der Waals surface area contributed by atoms with Gasteiger partial charge in [0.2, 0.25) is 17.5 Å². The van der Waals surface area contributed by atoms with Gasteiger partial charge in [-0.2, -0.15) is 0 Å². The van der Waals surface area contributed by atoms with Crippen LogP contribution in [0.5, 0.6) is 5.75 Å². The highest BCUT2D eigenvalue weighted by Gasteiger charge is 2.46. The molecule has 0 unspecified atom stereocenters. The molecular weight excluding hydrogens is 394 g/mol. The van der Waals surface area contributed by atoms with Gasteiger partial charge in [0.05, 0.1) is 12.8 Å². The van der Waals surface area contributed by atoms with Crippen molar-refractivity contribution in [1.82, 2.24) is 14.9 Å². The van der Waals surface area contributed by atoms with Crippen molar-refractivity contribution >= 4 is 51.9 Å². The number of rotatable bonds is 5. The molecule has 144 valence electrons. The maximum atomic E-state index is 12.7. The second kappa shape index (κ2) is 7.40. The lowest BCUT2D eigenvalue weighted by Gasteiger charge is -2.29. The van der Waals surface area contributed by atoms with Crippen LogP contribution in [0.1, 0.15) is 10.5 Å². The van der Waals surface area contributed by atoms with Gasteiger partial charge in [0.25, 0.3) is 5.91 Å². The number of barbiturate groups is 1. The highest BCUT2D eigenvalue weighted by molar-refractivity contribution is 7.10. The van der Waals surface area contributed by atoms with Crippen LogP contribution in [0.25, 0.3) is 0 Å². The molecule has 1 aliphatic heterocycles. The summed E-state index contributed by atoms with van der Waals surface area (Å²) in [6, 6.07) is 4.76.